The lowest BCUT2D eigenvalue weighted by molar-refractivity contribution is -0.143. The van der Waals surface area contributed by atoms with Gasteiger partial charge in [-0.2, -0.15) is 0 Å². The molecule has 98 valence electrons. The highest BCUT2D eigenvalue weighted by Gasteiger charge is 2.28. The Morgan fingerprint density at radius 2 is 2.11 bits per heavy atom. The third-order valence-corrected chi connectivity index (χ3v) is 3.30. The molecule has 0 amide bonds. The van der Waals surface area contributed by atoms with E-state index in [4.69, 9.17) is 11.6 Å². The monoisotopic (exact) mass is 272 g/mol. The molecule has 1 unspecified atom stereocenters. The molecule has 0 radical (unpaired) electrons. The number of carboxylic acid groups (broad SMARTS) is 1. The molecule has 6 heteroatoms. The molecule has 1 heterocycles. The molecule has 4 nitrogen and oxygen atoms in total. The number of carboxylic acids is 1. The Kier molecular flexibility index (Phi) is 4.16. The van der Waals surface area contributed by atoms with Crippen molar-refractivity contribution < 1.29 is 14.3 Å². The summed E-state index contributed by atoms with van der Waals surface area (Å²) in [5.74, 6) is -1.48. The molecule has 1 aliphatic rings. The first kappa shape index (κ1) is 13.3. The molecule has 0 bridgehead atoms. The average molecular weight is 273 g/mol. The van der Waals surface area contributed by atoms with Crippen molar-refractivity contribution in [2.75, 3.05) is 26.2 Å². The summed E-state index contributed by atoms with van der Waals surface area (Å²) in [6, 6.07) is 3.29. The van der Waals surface area contributed by atoms with Gasteiger partial charge in [-0.15, -0.1) is 0 Å². The van der Waals surface area contributed by atoms with Crippen molar-refractivity contribution in [3.63, 3.8) is 0 Å². The molecule has 0 aromatic heterocycles. The summed E-state index contributed by atoms with van der Waals surface area (Å²) in [5, 5.41) is 12.5. The Labute approximate surface area is 109 Å². The van der Waals surface area contributed by atoms with Crippen molar-refractivity contribution in [3.05, 3.63) is 34.6 Å². The number of nitrogens with zero attached hydrogens (tertiary/aromatic N) is 1. The number of halogens is 2. The van der Waals surface area contributed by atoms with E-state index in [-0.39, 0.29) is 5.02 Å². The first-order valence-corrected chi connectivity index (χ1v) is 6.10. The van der Waals surface area contributed by atoms with Crippen LogP contribution in [0.5, 0.6) is 0 Å². The van der Waals surface area contributed by atoms with Gasteiger partial charge >= 0.3 is 5.97 Å². The molecule has 0 spiro atoms. The molecule has 1 atom stereocenters. The Balaban J connectivity index is 2.28. The second-order valence-electron chi connectivity index (χ2n) is 4.20. The Morgan fingerprint density at radius 3 is 2.67 bits per heavy atom. The predicted molar refractivity (Wildman–Crippen MR) is 66.2 cm³/mol. The van der Waals surface area contributed by atoms with E-state index in [1.54, 1.807) is 0 Å². The third-order valence-electron chi connectivity index (χ3n) is 3.01. The van der Waals surface area contributed by atoms with Crippen LogP contribution < -0.4 is 5.32 Å². The van der Waals surface area contributed by atoms with Crippen molar-refractivity contribution in [1.82, 2.24) is 10.2 Å². The zero-order valence-electron chi connectivity index (χ0n) is 9.70. The van der Waals surface area contributed by atoms with E-state index in [1.165, 1.54) is 18.2 Å². The van der Waals surface area contributed by atoms with Crippen molar-refractivity contribution in [1.29, 1.82) is 0 Å². The lowest BCUT2D eigenvalue weighted by atomic mass is 10.0. The van der Waals surface area contributed by atoms with Crippen LogP contribution in [-0.2, 0) is 4.79 Å². The van der Waals surface area contributed by atoms with Crippen molar-refractivity contribution >= 4 is 17.6 Å². The van der Waals surface area contributed by atoms with Gasteiger partial charge in [-0.25, -0.2) is 4.39 Å². The fourth-order valence-electron chi connectivity index (χ4n) is 2.13. The number of nitrogens with one attached hydrogen (secondary N) is 1. The second kappa shape index (κ2) is 5.65. The third kappa shape index (κ3) is 2.80. The van der Waals surface area contributed by atoms with Crippen LogP contribution >= 0.6 is 11.6 Å². The van der Waals surface area contributed by atoms with Crippen molar-refractivity contribution in [3.8, 4) is 0 Å². The van der Waals surface area contributed by atoms with Crippen LogP contribution in [0.3, 0.4) is 0 Å². The molecule has 2 N–H and O–H groups in total. The van der Waals surface area contributed by atoms with Gasteiger partial charge in [0, 0.05) is 26.2 Å². The zero-order valence-corrected chi connectivity index (χ0v) is 10.5. The summed E-state index contributed by atoms with van der Waals surface area (Å²) in [5.41, 5.74) is 0.510. The van der Waals surface area contributed by atoms with Gasteiger partial charge in [-0.3, -0.25) is 9.69 Å². The van der Waals surface area contributed by atoms with Gasteiger partial charge in [0.05, 0.1) is 5.02 Å². The molecule has 0 saturated carbocycles. The highest BCUT2D eigenvalue weighted by molar-refractivity contribution is 6.30. The molecular formula is C12H14ClFN2O2. The van der Waals surface area contributed by atoms with Crippen molar-refractivity contribution in [2.24, 2.45) is 0 Å². The number of benzene rings is 1. The van der Waals surface area contributed by atoms with Crippen LogP contribution in [-0.4, -0.2) is 42.2 Å². The predicted octanol–water partition coefficient (Wildman–Crippen LogP) is 1.51. The molecule has 1 aromatic rings. The fraction of sp³-hybridized carbons (Fsp3) is 0.417. The molecule has 1 fully saturated rings. The minimum absolute atomic E-state index is 0.0473. The van der Waals surface area contributed by atoms with E-state index in [0.29, 0.717) is 18.7 Å². The lowest BCUT2D eigenvalue weighted by Crippen LogP contribution is -2.47. The average Bonchev–Trinajstić information content (AvgIpc) is 2.35. The summed E-state index contributed by atoms with van der Waals surface area (Å²) in [6.45, 7) is 2.79. The Hall–Kier alpha value is -1.17. The topological polar surface area (TPSA) is 52.6 Å². The number of piperazine rings is 1. The molecule has 2 rings (SSSR count). The van der Waals surface area contributed by atoms with E-state index in [2.05, 4.69) is 5.32 Å². The maximum atomic E-state index is 13.1. The standard InChI is InChI=1S/C12H14ClFN2O2/c13-9-7-8(1-2-10(9)14)11(12(17)18)16-5-3-15-4-6-16/h1-2,7,11,15H,3-6H2,(H,17,18). The Bertz CT molecular complexity index is 450. The maximum Gasteiger partial charge on any atom is 0.325 e. The highest BCUT2D eigenvalue weighted by Crippen LogP contribution is 2.25. The van der Waals surface area contributed by atoms with Crippen LogP contribution in [0.15, 0.2) is 18.2 Å². The van der Waals surface area contributed by atoms with Crippen LogP contribution in [0.1, 0.15) is 11.6 Å². The number of carbonyl (C=O) groups is 1. The summed E-state index contributed by atoms with van der Waals surface area (Å²) in [6.07, 6.45) is 0. The lowest BCUT2D eigenvalue weighted by Gasteiger charge is -2.32. The maximum absolute atomic E-state index is 13.1. The normalized spacial score (nSPS) is 18.6. The van der Waals surface area contributed by atoms with Gasteiger partial charge in [-0.1, -0.05) is 17.7 Å². The summed E-state index contributed by atoms with van der Waals surface area (Å²) in [7, 11) is 0. The molecular weight excluding hydrogens is 259 g/mol. The highest BCUT2D eigenvalue weighted by atomic mass is 35.5. The molecule has 1 aromatic carbocycles. The molecule has 1 aliphatic heterocycles. The molecule has 0 aliphatic carbocycles. The summed E-state index contributed by atoms with van der Waals surface area (Å²) in [4.78, 5) is 13.2. The van der Waals surface area contributed by atoms with Gasteiger partial charge in [0.25, 0.3) is 0 Å². The van der Waals surface area contributed by atoms with Crippen LogP contribution in [0.4, 0.5) is 4.39 Å². The molecule has 1 saturated heterocycles. The largest absolute Gasteiger partial charge is 0.480 e. The number of aliphatic carboxylic acids is 1. The van der Waals surface area contributed by atoms with Gasteiger partial charge in [-0.05, 0) is 17.7 Å². The van der Waals surface area contributed by atoms with Crippen LogP contribution in [0, 0.1) is 5.82 Å². The van der Waals surface area contributed by atoms with Gasteiger partial charge in [0.2, 0.25) is 0 Å². The number of hydrogen-bond donors (Lipinski definition) is 2. The fourth-order valence-corrected chi connectivity index (χ4v) is 2.32. The number of hydrogen-bond acceptors (Lipinski definition) is 3. The van der Waals surface area contributed by atoms with E-state index in [0.717, 1.165) is 13.1 Å². The minimum Gasteiger partial charge on any atom is -0.480 e. The van der Waals surface area contributed by atoms with Crippen molar-refractivity contribution in [2.45, 2.75) is 6.04 Å². The van der Waals surface area contributed by atoms with E-state index in [9.17, 15) is 14.3 Å². The first-order valence-electron chi connectivity index (χ1n) is 5.72. The smallest absolute Gasteiger partial charge is 0.325 e. The molecule has 18 heavy (non-hydrogen) atoms. The first-order chi connectivity index (χ1) is 8.59. The van der Waals surface area contributed by atoms with Crippen LogP contribution in [0.25, 0.3) is 0 Å². The second-order valence-corrected chi connectivity index (χ2v) is 4.61. The summed E-state index contributed by atoms with van der Waals surface area (Å²) < 4.78 is 13.1. The van der Waals surface area contributed by atoms with E-state index in [1.807, 2.05) is 4.90 Å². The van der Waals surface area contributed by atoms with Gasteiger partial charge in [0.15, 0.2) is 0 Å². The number of rotatable bonds is 3. The summed E-state index contributed by atoms with van der Waals surface area (Å²) >= 11 is 5.70. The van der Waals surface area contributed by atoms with Crippen LogP contribution in [0.2, 0.25) is 5.02 Å². The minimum atomic E-state index is -0.945. The zero-order chi connectivity index (χ0) is 13.1. The van der Waals surface area contributed by atoms with E-state index < -0.39 is 17.8 Å². The van der Waals surface area contributed by atoms with E-state index >= 15 is 0 Å². The van der Waals surface area contributed by atoms with Gasteiger partial charge < -0.3 is 10.4 Å². The quantitative estimate of drug-likeness (QED) is 0.876. The Morgan fingerprint density at radius 1 is 1.44 bits per heavy atom. The van der Waals surface area contributed by atoms with Gasteiger partial charge in [0.1, 0.15) is 11.9 Å². The SMILES string of the molecule is O=C(O)C(c1ccc(F)c(Cl)c1)N1CCNCC1.